The first-order chi connectivity index (χ1) is 11.2. The number of ether oxygens (including phenoxy) is 2. The van der Waals surface area contributed by atoms with Crippen LogP contribution in [0.5, 0.6) is 0 Å². The lowest BCUT2D eigenvalue weighted by molar-refractivity contribution is -0.429. The highest BCUT2D eigenvalue weighted by molar-refractivity contribution is 4.90. The van der Waals surface area contributed by atoms with Crippen molar-refractivity contribution in [1.29, 1.82) is 0 Å². The van der Waals surface area contributed by atoms with Gasteiger partial charge in [0.15, 0.2) is 0 Å². The summed E-state index contributed by atoms with van der Waals surface area (Å²) in [6, 6.07) is 0. The Kier molecular flexibility index (Phi) is 6.85. The fraction of sp³-hybridized carbons (Fsp3) is 0.800. The number of hydrogen-bond donors (Lipinski definition) is 0. The Hall–Kier alpha value is -1.48. The van der Waals surface area contributed by atoms with E-state index in [1.807, 2.05) is 0 Å². The lowest BCUT2D eigenvalue weighted by atomic mass is 10.3. The molecule has 0 aliphatic carbocycles. The highest BCUT2D eigenvalue weighted by Gasteiger charge is 2.76. The molecule has 0 radical (unpaired) electrons. The minimum atomic E-state index is -6.60. The van der Waals surface area contributed by atoms with Crippen LogP contribution in [0, 0.1) is 0 Å². The summed E-state index contributed by atoms with van der Waals surface area (Å²) in [5.41, 5.74) is 0. The summed E-state index contributed by atoms with van der Waals surface area (Å²) in [4.78, 5) is 0. The van der Waals surface area contributed by atoms with Crippen LogP contribution in [-0.2, 0) is 9.47 Å². The minimum absolute atomic E-state index is 0.0427. The zero-order valence-corrected chi connectivity index (χ0v) is 11.7. The van der Waals surface area contributed by atoms with Gasteiger partial charge in [0.1, 0.15) is 0 Å². The van der Waals surface area contributed by atoms with Crippen molar-refractivity contribution in [3.63, 3.8) is 0 Å². The Balaban J connectivity index is 4.94. The molecule has 156 valence electrons. The zero-order chi connectivity index (χ0) is 21.2. The van der Waals surface area contributed by atoms with E-state index in [0.717, 1.165) is 0 Å². The van der Waals surface area contributed by atoms with Gasteiger partial charge in [-0.25, -0.2) is 0 Å². The van der Waals surface area contributed by atoms with Crippen molar-refractivity contribution in [2.75, 3.05) is 6.61 Å². The van der Waals surface area contributed by atoms with Gasteiger partial charge in [0.25, 0.3) is 0 Å². The number of hydrogen-bond acceptors (Lipinski definition) is 2. The van der Waals surface area contributed by atoms with Crippen LogP contribution in [-0.4, -0.2) is 43.0 Å². The second-order valence-electron chi connectivity index (χ2n) is 4.31. The van der Waals surface area contributed by atoms with Crippen LogP contribution in [0.1, 0.15) is 6.42 Å². The van der Waals surface area contributed by atoms with Gasteiger partial charge in [-0.2, -0.15) is 61.5 Å². The smallest absolute Gasteiger partial charge is 0.452 e. The normalized spacial score (nSPS) is 15.6. The number of halogens is 14. The third kappa shape index (κ3) is 5.03. The van der Waals surface area contributed by atoms with Crippen molar-refractivity contribution >= 4 is 0 Å². The van der Waals surface area contributed by atoms with Crippen LogP contribution in [0.25, 0.3) is 0 Å². The molecular formula is C10H6F14O2. The maximum atomic E-state index is 12.9. The SMILES string of the molecule is FC(F)(F)C(F)(OC=CCCOC(F)(C(F)(F)F)C(F)(F)F)C(F)(F)F. The van der Waals surface area contributed by atoms with Gasteiger partial charge in [-0.3, -0.25) is 0 Å². The van der Waals surface area contributed by atoms with Gasteiger partial charge in [0.05, 0.1) is 12.9 Å². The monoisotopic (exact) mass is 424 g/mol. The molecule has 0 saturated heterocycles. The lowest BCUT2D eigenvalue weighted by Gasteiger charge is -2.29. The molecular weight excluding hydrogens is 418 g/mol. The Morgan fingerprint density at radius 2 is 0.885 bits per heavy atom. The Morgan fingerprint density at radius 3 is 1.19 bits per heavy atom. The molecule has 0 atom stereocenters. The molecule has 0 rings (SSSR count). The molecule has 0 aromatic heterocycles. The molecule has 26 heavy (non-hydrogen) atoms. The van der Waals surface area contributed by atoms with Crippen LogP contribution in [0.15, 0.2) is 12.3 Å². The van der Waals surface area contributed by atoms with E-state index in [1.54, 1.807) is 0 Å². The highest BCUT2D eigenvalue weighted by atomic mass is 19.4. The molecule has 0 aliphatic heterocycles. The van der Waals surface area contributed by atoms with Crippen molar-refractivity contribution in [1.82, 2.24) is 0 Å². The molecule has 0 unspecified atom stereocenters. The minimum Gasteiger partial charge on any atom is -0.452 e. The Bertz CT molecular complexity index is 454. The molecule has 0 amide bonds. The molecule has 0 fully saturated rings. The molecule has 0 aromatic carbocycles. The van der Waals surface area contributed by atoms with Gasteiger partial charge < -0.3 is 9.47 Å². The second-order valence-corrected chi connectivity index (χ2v) is 4.31. The predicted molar refractivity (Wildman–Crippen MR) is 52.7 cm³/mol. The molecule has 0 saturated carbocycles. The van der Waals surface area contributed by atoms with Gasteiger partial charge in [-0.15, -0.1) is 0 Å². The average molecular weight is 424 g/mol. The average Bonchev–Trinajstić information content (AvgIpc) is 2.36. The summed E-state index contributed by atoms with van der Waals surface area (Å²) in [5.74, 6) is -12.3. The molecule has 0 N–H and O–H groups in total. The van der Waals surface area contributed by atoms with Crippen LogP contribution in [0.4, 0.5) is 61.5 Å². The standard InChI is InChI=1S/C10H6F14O2/c11-5(7(13,14)15,8(16,17)18)25-3-1-2-4-26-6(12,9(19,20)21)10(22,23)24/h1,3H,2,4H2. The highest BCUT2D eigenvalue weighted by Crippen LogP contribution is 2.48. The van der Waals surface area contributed by atoms with Crippen molar-refractivity contribution < 1.29 is 70.9 Å². The Morgan fingerprint density at radius 1 is 0.538 bits per heavy atom. The summed E-state index contributed by atoms with van der Waals surface area (Å²) in [5, 5.41) is 0. The van der Waals surface area contributed by atoms with Crippen LogP contribution in [0.2, 0.25) is 0 Å². The summed E-state index contributed by atoms with van der Waals surface area (Å²) in [6.07, 6.45) is -28.3. The predicted octanol–water partition coefficient (Wildman–Crippen LogP) is 5.50. The van der Waals surface area contributed by atoms with Gasteiger partial charge in [0.2, 0.25) is 0 Å². The quantitative estimate of drug-likeness (QED) is 0.319. The van der Waals surface area contributed by atoms with E-state index in [0.29, 0.717) is 0 Å². The molecule has 0 aromatic rings. The van der Waals surface area contributed by atoms with E-state index in [1.165, 1.54) is 0 Å². The number of alkyl halides is 14. The van der Waals surface area contributed by atoms with Crippen LogP contribution in [0.3, 0.4) is 0 Å². The summed E-state index contributed by atoms with van der Waals surface area (Å²) >= 11 is 0. The Labute approximate surface area is 134 Å². The van der Waals surface area contributed by atoms with E-state index in [9.17, 15) is 61.5 Å². The molecule has 0 aliphatic rings. The maximum absolute atomic E-state index is 12.9. The van der Waals surface area contributed by atoms with E-state index in [2.05, 4.69) is 9.47 Å². The molecule has 16 heteroatoms. The first kappa shape index (κ1) is 24.5. The van der Waals surface area contributed by atoms with Crippen molar-refractivity contribution in [2.24, 2.45) is 0 Å². The van der Waals surface area contributed by atoms with Gasteiger partial charge in [-0.1, -0.05) is 0 Å². The molecule has 0 heterocycles. The van der Waals surface area contributed by atoms with Crippen LogP contribution < -0.4 is 0 Å². The fourth-order valence-corrected chi connectivity index (χ4v) is 1.10. The van der Waals surface area contributed by atoms with Crippen LogP contribution >= 0.6 is 0 Å². The van der Waals surface area contributed by atoms with Gasteiger partial charge in [-0.05, 0) is 12.5 Å². The van der Waals surface area contributed by atoms with Crippen molar-refractivity contribution in [3.8, 4) is 0 Å². The van der Waals surface area contributed by atoms with Gasteiger partial charge in [0, 0.05) is 0 Å². The molecule has 0 bridgehead atoms. The fourth-order valence-electron chi connectivity index (χ4n) is 1.10. The van der Waals surface area contributed by atoms with E-state index < -0.39 is 55.7 Å². The molecule has 0 spiro atoms. The number of rotatable bonds is 6. The van der Waals surface area contributed by atoms with Crippen molar-refractivity contribution in [2.45, 2.75) is 42.8 Å². The summed E-state index contributed by atoms with van der Waals surface area (Å²) in [7, 11) is 0. The second kappa shape index (κ2) is 7.26. The summed E-state index contributed by atoms with van der Waals surface area (Å²) < 4.78 is 176. The molecule has 2 nitrogen and oxygen atoms in total. The van der Waals surface area contributed by atoms with E-state index in [-0.39, 0.29) is 6.08 Å². The third-order valence-electron chi connectivity index (χ3n) is 2.37. The first-order valence-corrected chi connectivity index (χ1v) is 5.82. The summed E-state index contributed by atoms with van der Waals surface area (Å²) in [6.45, 7) is -1.80. The maximum Gasteiger partial charge on any atom is 0.470 e. The van der Waals surface area contributed by atoms with E-state index in [4.69, 9.17) is 0 Å². The largest absolute Gasteiger partial charge is 0.470 e. The third-order valence-corrected chi connectivity index (χ3v) is 2.37. The van der Waals surface area contributed by atoms with Gasteiger partial charge >= 0.3 is 36.4 Å². The van der Waals surface area contributed by atoms with E-state index >= 15 is 0 Å². The lowest BCUT2D eigenvalue weighted by Crippen LogP contribution is -2.55. The van der Waals surface area contributed by atoms with Crippen molar-refractivity contribution in [3.05, 3.63) is 12.3 Å². The zero-order valence-electron chi connectivity index (χ0n) is 11.7. The first-order valence-electron chi connectivity index (χ1n) is 5.82. The topological polar surface area (TPSA) is 18.5 Å².